The van der Waals surface area contributed by atoms with Crippen molar-refractivity contribution in [1.29, 1.82) is 0 Å². The highest BCUT2D eigenvalue weighted by Crippen LogP contribution is 2.26. The second kappa shape index (κ2) is 7.22. The molecule has 5 nitrogen and oxygen atoms in total. The number of thiazole rings is 1. The molecule has 0 unspecified atom stereocenters. The van der Waals surface area contributed by atoms with E-state index in [1.807, 2.05) is 0 Å². The van der Waals surface area contributed by atoms with Gasteiger partial charge in [-0.15, -0.1) is 11.3 Å². The molecule has 0 aromatic carbocycles. The predicted molar refractivity (Wildman–Crippen MR) is 88.2 cm³/mol. The minimum Gasteiger partial charge on any atom is -0.380 e. The minimum atomic E-state index is 0.214. The van der Waals surface area contributed by atoms with Crippen molar-refractivity contribution in [3.63, 3.8) is 0 Å². The average molecular weight is 310 g/mol. The second-order valence-electron chi connectivity index (χ2n) is 5.92. The molecule has 118 valence electrons. The molecular formula is C15H26N4OS. The molecule has 1 aliphatic heterocycles. The molecule has 0 atom stereocenters. The summed E-state index contributed by atoms with van der Waals surface area (Å²) in [5.74, 6) is 0.885. The van der Waals surface area contributed by atoms with Crippen LogP contribution in [0.1, 0.15) is 29.4 Å². The summed E-state index contributed by atoms with van der Waals surface area (Å²) >= 11 is 1.78. The molecule has 0 radical (unpaired) electrons. The van der Waals surface area contributed by atoms with Crippen LogP contribution in [-0.4, -0.2) is 43.8 Å². The van der Waals surface area contributed by atoms with Crippen LogP contribution in [0.4, 0.5) is 0 Å². The zero-order valence-electron chi connectivity index (χ0n) is 13.5. The third kappa shape index (κ3) is 4.68. The Morgan fingerprint density at radius 2 is 2.14 bits per heavy atom. The monoisotopic (exact) mass is 310 g/mol. The van der Waals surface area contributed by atoms with Gasteiger partial charge in [-0.1, -0.05) is 6.92 Å². The van der Waals surface area contributed by atoms with Crippen molar-refractivity contribution in [2.24, 2.45) is 10.4 Å². The van der Waals surface area contributed by atoms with Gasteiger partial charge >= 0.3 is 0 Å². The number of ether oxygens (including phenoxy) is 1. The van der Waals surface area contributed by atoms with Crippen molar-refractivity contribution in [2.45, 2.75) is 34.1 Å². The van der Waals surface area contributed by atoms with Crippen molar-refractivity contribution < 1.29 is 4.74 Å². The van der Waals surface area contributed by atoms with E-state index in [4.69, 9.17) is 4.74 Å². The number of nitrogens with one attached hydrogen (secondary N) is 2. The third-order valence-corrected chi connectivity index (χ3v) is 4.70. The van der Waals surface area contributed by atoms with Gasteiger partial charge in [-0.05, 0) is 20.8 Å². The predicted octanol–water partition coefficient (Wildman–Crippen LogP) is 1.89. The van der Waals surface area contributed by atoms with E-state index in [0.717, 1.165) is 50.9 Å². The van der Waals surface area contributed by atoms with Crippen molar-refractivity contribution in [2.75, 3.05) is 32.8 Å². The zero-order chi connectivity index (χ0) is 15.3. The molecule has 1 aromatic rings. The Hall–Kier alpha value is -1.14. The van der Waals surface area contributed by atoms with Gasteiger partial charge < -0.3 is 15.4 Å². The standard InChI is InChI=1S/C15H26N4OS/c1-5-16-14(18-8-15(4)9-20-10-15)17-7-6-13-19-11(2)12(3)21-13/h5-10H2,1-4H3,(H2,16,17,18). The van der Waals surface area contributed by atoms with Crippen LogP contribution in [0.2, 0.25) is 0 Å². The maximum absolute atomic E-state index is 5.27. The molecule has 2 N–H and O–H groups in total. The number of nitrogens with zero attached hydrogens (tertiary/aromatic N) is 2. The summed E-state index contributed by atoms with van der Waals surface area (Å²) in [7, 11) is 0. The Bertz CT molecular complexity index is 474. The normalized spacial score (nSPS) is 17.4. The molecule has 2 rings (SSSR count). The summed E-state index contributed by atoms with van der Waals surface area (Å²) in [5.41, 5.74) is 1.36. The Morgan fingerprint density at radius 3 is 2.67 bits per heavy atom. The lowest BCUT2D eigenvalue weighted by atomic mass is 9.89. The third-order valence-electron chi connectivity index (χ3n) is 3.57. The maximum Gasteiger partial charge on any atom is 0.191 e. The largest absolute Gasteiger partial charge is 0.380 e. The van der Waals surface area contributed by atoms with Crippen LogP contribution >= 0.6 is 11.3 Å². The number of aryl methyl sites for hydroxylation is 2. The highest BCUT2D eigenvalue weighted by molar-refractivity contribution is 7.11. The number of guanidine groups is 1. The molecule has 1 saturated heterocycles. The summed E-state index contributed by atoms with van der Waals surface area (Å²) in [4.78, 5) is 10.5. The van der Waals surface area contributed by atoms with Gasteiger partial charge in [-0.2, -0.15) is 0 Å². The molecule has 0 bridgehead atoms. The van der Waals surface area contributed by atoms with E-state index in [1.165, 1.54) is 9.88 Å². The first kappa shape index (κ1) is 16.2. The summed E-state index contributed by atoms with van der Waals surface area (Å²) in [5, 5.41) is 7.86. The van der Waals surface area contributed by atoms with Crippen molar-refractivity contribution >= 4 is 17.3 Å². The van der Waals surface area contributed by atoms with Gasteiger partial charge in [-0.25, -0.2) is 4.98 Å². The maximum atomic E-state index is 5.27. The summed E-state index contributed by atoms with van der Waals surface area (Å²) < 4.78 is 5.27. The molecule has 1 aliphatic rings. The van der Waals surface area contributed by atoms with E-state index >= 15 is 0 Å². The van der Waals surface area contributed by atoms with E-state index in [1.54, 1.807) is 11.3 Å². The number of rotatable bonds is 6. The molecule has 1 aromatic heterocycles. The SMILES string of the molecule is CCNC(=NCC1(C)COC1)NCCc1nc(C)c(C)s1. The first-order valence-corrected chi connectivity index (χ1v) is 8.37. The van der Waals surface area contributed by atoms with Crippen LogP contribution in [0.25, 0.3) is 0 Å². The van der Waals surface area contributed by atoms with Crippen LogP contribution < -0.4 is 10.6 Å². The van der Waals surface area contributed by atoms with E-state index in [-0.39, 0.29) is 5.41 Å². The lowest BCUT2D eigenvalue weighted by molar-refractivity contribution is -0.0945. The fourth-order valence-corrected chi connectivity index (χ4v) is 3.02. The van der Waals surface area contributed by atoms with Gasteiger partial charge in [0.05, 0.1) is 30.5 Å². The van der Waals surface area contributed by atoms with E-state index in [2.05, 4.69) is 48.3 Å². The van der Waals surface area contributed by atoms with E-state index < -0.39 is 0 Å². The number of hydrogen-bond acceptors (Lipinski definition) is 4. The fraction of sp³-hybridized carbons (Fsp3) is 0.733. The fourth-order valence-electron chi connectivity index (χ4n) is 2.09. The smallest absolute Gasteiger partial charge is 0.191 e. The lowest BCUT2D eigenvalue weighted by Gasteiger charge is -2.36. The second-order valence-corrected chi connectivity index (χ2v) is 7.21. The van der Waals surface area contributed by atoms with Crippen molar-refractivity contribution in [1.82, 2.24) is 15.6 Å². The average Bonchev–Trinajstić information content (AvgIpc) is 2.73. The quantitative estimate of drug-likeness (QED) is 0.622. The van der Waals surface area contributed by atoms with Gasteiger partial charge in [0.1, 0.15) is 0 Å². The van der Waals surface area contributed by atoms with Gasteiger partial charge in [0.15, 0.2) is 5.96 Å². The summed E-state index contributed by atoms with van der Waals surface area (Å²) in [6.45, 7) is 12.6. The highest BCUT2D eigenvalue weighted by atomic mass is 32.1. The number of aliphatic imine (C=N–C) groups is 1. The molecule has 21 heavy (non-hydrogen) atoms. The number of aromatic nitrogens is 1. The van der Waals surface area contributed by atoms with Crippen molar-refractivity contribution in [3.8, 4) is 0 Å². The minimum absolute atomic E-state index is 0.214. The van der Waals surface area contributed by atoms with Crippen LogP contribution in [0, 0.1) is 19.3 Å². The molecule has 6 heteroatoms. The molecule has 0 saturated carbocycles. The Balaban J connectivity index is 1.80. The van der Waals surface area contributed by atoms with Crippen LogP contribution in [0.15, 0.2) is 4.99 Å². The summed E-state index contributed by atoms with van der Waals surface area (Å²) in [6.07, 6.45) is 0.935. The van der Waals surface area contributed by atoms with Gasteiger partial charge in [0, 0.05) is 29.8 Å². The van der Waals surface area contributed by atoms with Crippen LogP contribution in [0.5, 0.6) is 0 Å². The summed E-state index contributed by atoms with van der Waals surface area (Å²) in [6, 6.07) is 0. The van der Waals surface area contributed by atoms with Crippen LogP contribution in [0.3, 0.4) is 0 Å². The first-order chi connectivity index (χ1) is 10.0. The van der Waals surface area contributed by atoms with Gasteiger partial charge in [0.2, 0.25) is 0 Å². The molecular weight excluding hydrogens is 284 g/mol. The van der Waals surface area contributed by atoms with Crippen LogP contribution in [-0.2, 0) is 11.2 Å². The first-order valence-electron chi connectivity index (χ1n) is 7.55. The Labute approximate surface area is 131 Å². The lowest BCUT2D eigenvalue weighted by Crippen LogP contribution is -2.44. The molecule has 1 fully saturated rings. The van der Waals surface area contributed by atoms with Crippen molar-refractivity contribution in [3.05, 3.63) is 15.6 Å². The molecule has 0 amide bonds. The van der Waals surface area contributed by atoms with Gasteiger partial charge in [0.25, 0.3) is 0 Å². The molecule has 0 aliphatic carbocycles. The molecule has 0 spiro atoms. The van der Waals surface area contributed by atoms with Gasteiger partial charge in [-0.3, -0.25) is 4.99 Å². The van der Waals surface area contributed by atoms with E-state index in [0.29, 0.717) is 0 Å². The Kier molecular flexibility index (Phi) is 5.58. The van der Waals surface area contributed by atoms with E-state index in [9.17, 15) is 0 Å². The zero-order valence-corrected chi connectivity index (χ0v) is 14.3. The molecule has 2 heterocycles. The Morgan fingerprint density at radius 1 is 1.38 bits per heavy atom. The number of hydrogen-bond donors (Lipinski definition) is 2. The highest BCUT2D eigenvalue weighted by Gasteiger charge is 2.33. The topological polar surface area (TPSA) is 58.5 Å².